The van der Waals surface area contributed by atoms with Crippen molar-refractivity contribution in [3.05, 3.63) is 53.3 Å². The summed E-state index contributed by atoms with van der Waals surface area (Å²) < 4.78 is 6.55. The molecule has 1 aromatic carbocycles. The number of carbonyl (C=O) groups excluding carboxylic acids is 1. The van der Waals surface area contributed by atoms with Crippen LogP contribution in [-0.4, -0.2) is 22.9 Å². The summed E-state index contributed by atoms with van der Waals surface area (Å²) >= 11 is 0. The molecular weight excluding hydrogens is 216 g/mol. The van der Waals surface area contributed by atoms with Crippen molar-refractivity contribution >= 4 is 5.97 Å². The highest BCUT2D eigenvalue weighted by Gasteiger charge is 2.11. The summed E-state index contributed by atoms with van der Waals surface area (Å²) in [5.41, 5.74) is 2.45. The summed E-state index contributed by atoms with van der Waals surface area (Å²) in [6, 6.07) is 9.32. The maximum Gasteiger partial charge on any atom is 0.338 e. The fourth-order valence-electron chi connectivity index (χ4n) is 1.69. The van der Waals surface area contributed by atoms with Gasteiger partial charge in [0.1, 0.15) is 0 Å². The first-order valence-corrected chi connectivity index (χ1v) is 5.37. The van der Waals surface area contributed by atoms with Crippen LogP contribution in [0.2, 0.25) is 0 Å². The lowest BCUT2D eigenvalue weighted by atomic mass is 10.1. The summed E-state index contributed by atoms with van der Waals surface area (Å²) in [6.07, 6.45) is 1.89. The summed E-state index contributed by atoms with van der Waals surface area (Å²) in [4.78, 5) is 11.6. The van der Waals surface area contributed by atoms with Crippen molar-refractivity contribution in [1.29, 1.82) is 0 Å². The van der Waals surface area contributed by atoms with E-state index in [4.69, 9.17) is 4.74 Å². The van der Waals surface area contributed by atoms with E-state index in [9.17, 15) is 4.79 Å². The zero-order valence-electron chi connectivity index (χ0n) is 9.88. The molecule has 0 amide bonds. The molecule has 0 bridgehead atoms. The van der Waals surface area contributed by atoms with E-state index in [1.165, 1.54) is 7.11 Å². The molecule has 0 N–H and O–H groups in total. The van der Waals surface area contributed by atoms with E-state index in [1.54, 1.807) is 10.7 Å². The number of hydrogen-bond donors (Lipinski definition) is 0. The summed E-state index contributed by atoms with van der Waals surface area (Å²) in [5.74, 6) is -0.315. The molecule has 4 heteroatoms. The molecule has 1 heterocycles. The lowest BCUT2D eigenvalue weighted by Gasteiger charge is -2.07. The first-order valence-electron chi connectivity index (χ1n) is 5.37. The highest BCUT2D eigenvalue weighted by Crippen LogP contribution is 2.11. The van der Waals surface area contributed by atoms with Gasteiger partial charge in [0.05, 0.1) is 24.9 Å². The lowest BCUT2D eigenvalue weighted by molar-refractivity contribution is 0.0599. The molecule has 0 unspecified atom stereocenters. The summed E-state index contributed by atoms with van der Waals surface area (Å²) in [7, 11) is 1.39. The molecule has 0 atom stereocenters. The third kappa shape index (κ3) is 2.53. The van der Waals surface area contributed by atoms with Crippen LogP contribution in [0.1, 0.15) is 21.6 Å². The van der Waals surface area contributed by atoms with E-state index in [2.05, 4.69) is 5.10 Å². The molecule has 0 aliphatic carbocycles. The van der Waals surface area contributed by atoms with Crippen molar-refractivity contribution < 1.29 is 9.53 Å². The van der Waals surface area contributed by atoms with Crippen LogP contribution in [0.4, 0.5) is 0 Å². The quantitative estimate of drug-likeness (QED) is 0.758. The largest absolute Gasteiger partial charge is 0.465 e. The zero-order chi connectivity index (χ0) is 12.3. The zero-order valence-corrected chi connectivity index (χ0v) is 9.88. The predicted octanol–water partition coefficient (Wildman–Crippen LogP) is 2.03. The van der Waals surface area contributed by atoms with Crippen LogP contribution in [0, 0.1) is 6.92 Å². The van der Waals surface area contributed by atoms with E-state index in [0.717, 1.165) is 11.3 Å². The van der Waals surface area contributed by atoms with Crippen LogP contribution < -0.4 is 0 Å². The Morgan fingerprint density at radius 2 is 2.12 bits per heavy atom. The number of aromatic nitrogens is 2. The predicted molar refractivity (Wildman–Crippen MR) is 63.8 cm³/mol. The van der Waals surface area contributed by atoms with Crippen molar-refractivity contribution in [3.63, 3.8) is 0 Å². The van der Waals surface area contributed by atoms with Gasteiger partial charge in [-0.1, -0.05) is 18.2 Å². The summed E-state index contributed by atoms with van der Waals surface area (Å²) in [6.45, 7) is 2.50. The second-order valence-electron chi connectivity index (χ2n) is 3.80. The molecule has 2 aromatic rings. The van der Waals surface area contributed by atoms with E-state index in [1.807, 2.05) is 37.4 Å². The van der Waals surface area contributed by atoms with Gasteiger partial charge in [0, 0.05) is 6.20 Å². The van der Waals surface area contributed by atoms with Gasteiger partial charge in [-0.05, 0) is 24.6 Å². The first-order chi connectivity index (χ1) is 8.20. The van der Waals surface area contributed by atoms with Gasteiger partial charge in [0.25, 0.3) is 0 Å². The molecule has 4 nitrogen and oxygen atoms in total. The molecule has 1 aromatic heterocycles. The number of esters is 1. The van der Waals surface area contributed by atoms with Crippen LogP contribution in [0.25, 0.3) is 0 Å². The van der Waals surface area contributed by atoms with Gasteiger partial charge in [0.2, 0.25) is 0 Å². The summed E-state index contributed by atoms with van der Waals surface area (Å²) in [5, 5.41) is 4.30. The van der Waals surface area contributed by atoms with Crippen LogP contribution >= 0.6 is 0 Å². The number of carbonyl (C=O) groups is 1. The average molecular weight is 230 g/mol. The van der Waals surface area contributed by atoms with Gasteiger partial charge in [-0.3, -0.25) is 4.68 Å². The molecule has 0 spiro atoms. The Balaban J connectivity index is 2.29. The van der Waals surface area contributed by atoms with Gasteiger partial charge in [-0.15, -0.1) is 0 Å². The molecule has 0 aliphatic rings. The van der Waals surface area contributed by atoms with Crippen molar-refractivity contribution in [2.24, 2.45) is 0 Å². The molecule has 2 rings (SSSR count). The second-order valence-corrected chi connectivity index (χ2v) is 3.80. The van der Waals surface area contributed by atoms with Crippen LogP contribution in [0.3, 0.4) is 0 Å². The van der Waals surface area contributed by atoms with Crippen LogP contribution in [0.5, 0.6) is 0 Å². The first kappa shape index (κ1) is 11.4. The molecule has 17 heavy (non-hydrogen) atoms. The van der Waals surface area contributed by atoms with Crippen LogP contribution in [-0.2, 0) is 11.3 Å². The monoisotopic (exact) mass is 230 g/mol. The Kier molecular flexibility index (Phi) is 3.23. The molecule has 88 valence electrons. The third-order valence-corrected chi connectivity index (χ3v) is 2.53. The van der Waals surface area contributed by atoms with Gasteiger partial charge >= 0.3 is 5.97 Å². The van der Waals surface area contributed by atoms with Crippen molar-refractivity contribution in [2.75, 3.05) is 7.11 Å². The van der Waals surface area contributed by atoms with E-state index in [0.29, 0.717) is 12.1 Å². The Labute approximate surface area is 99.8 Å². The van der Waals surface area contributed by atoms with Crippen molar-refractivity contribution in [2.45, 2.75) is 13.5 Å². The molecule has 0 radical (unpaired) electrons. The van der Waals surface area contributed by atoms with Crippen LogP contribution in [0.15, 0.2) is 36.5 Å². The molecular formula is C13H14N2O2. The Hall–Kier alpha value is -2.10. The highest BCUT2D eigenvalue weighted by molar-refractivity contribution is 5.90. The normalized spacial score (nSPS) is 10.2. The van der Waals surface area contributed by atoms with Gasteiger partial charge in [0.15, 0.2) is 0 Å². The van der Waals surface area contributed by atoms with Crippen molar-refractivity contribution in [3.8, 4) is 0 Å². The number of benzene rings is 1. The maximum atomic E-state index is 11.6. The standard InChI is InChI=1S/C13H14N2O2/c1-10-7-8-15(14-10)9-11-5-3-4-6-12(11)13(16)17-2/h3-8H,9H2,1-2H3. The van der Waals surface area contributed by atoms with Gasteiger partial charge < -0.3 is 4.74 Å². The minimum Gasteiger partial charge on any atom is -0.465 e. The lowest BCUT2D eigenvalue weighted by Crippen LogP contribution is -2.09. The average Bonchev–Trinajstić information content (AvgIpc) is 2.74. The minimum atomic E-state index is -0.315. The molecule has 0 saturated heterocycles. The SMILES string of the molecule is COC(=O)c1ccccc1Cn1ccc(C)n1. The number of methoxy groups -OCH3 is 1. The van der Waals surface area contributed by atoms with E-state index in [-0.39, 0.29) is 5.97 Å². The Bertz CT molecular complexity index is 532. The Morgan fingerprint density at radius 1 is 1.35 bits per heavy atom. The van der Waals surface area contributed by atoms with E-state index >= 15 is 0 Å². The van der Waals surface area contributed by atoms with Crippen molar-refractivity contribution in [1.82, 2.24) is 9.78 Å². The fraction of sp³-hybridized carbons (Fsp3) is 0.231. The molecule has 0 aliphatic heterocycles. The smallest absolute Gasteiger partial charge is 0.338 e. The second kappa shape index (κ2) is 4.82. The topological polar surface area (TPSA) is 44.1 Å². The number of ether oxygens (including phenoxy) is 1. The third-order valence-electron chi connectivity index (χ3n) is 2.53. The molecule has 0 saturated carbocycles. The maximum absolute atomic E-state index is 11.6. The van der Waals surface area contributed by atoms with Gasteiger partial charge in [-0.2, -0.15) is 5.10 Å². The minimum absolute atomic E-state index is 0.315. The van der Waals surface area contributed by atoms with E-state index < -0.39 is 0 Å². The molecule has 0 fully saturated rings. The van der Waals surface area contributed by atoms with Gasteiger partial charge in [-0.25, -0.2) is 4.79 Å². The Morgan fingerprint density at radius 3 is 2.76 bits per heavy atom. The number of nitrogens with zero attached hydrogens (tertiary/aromatic N) is 2. The number of rotatable bonds is 3. The fourth-order valence-corrected chi connectivity index (χ4v) is 1.69. The highest BCUT2D eigenvalue weighted by atomic mass is 16.5. The number of hydrogen-bond acceptors (Lipinski definition) is 3. The number of aryl methyl sites for hydroxylation is 1.